The van der Waals surface area contributed by atoms with Gasteiger partial charge in [0, 0.05) is 5.69 Å². The van der Waals surface area contributed by atoms with Crippen LogP contribution >= 0.6 is 0 Å². The third-order valence-corrected chi connectivity index (χ3v) is 4.66. The normalized spacial score (nSPS) is 11.1. The van der Waals surface area contributed by atoms with Crippen LogP contribution in [0, 0.1) is 11.6 Å². The van der Waals surface area contributed by atoms with E-state index in [9.17, 15) is 8.78 Å². The SMILES string of the molecule is CC(C)c1cc(Cc2ccc(F)cc2)c(N)c(Cc2ccc(F)cc2)c1. The van der Waals surface area contributed by atoms with Gasteiger partial charge in [-0.15, -0.1) is 0 Å². The molecule has 1 nitrogen and oxygen atoms in total. The molecule has 0 saturated heterocycles. The number of nitrogen functional groups attached to an aromatic ring is 1. The van der Waals surface area contributed by atoms with Gasteiger partial charge in [-0.2, -0.15) is 0 Å². The standard InChI is InChI=1S/C23H23F2N/c1-15(2)18-13-19(11-16-3-7-21(24)8-4-16)23(26)20(14-18)12-17-5-9-22(25)10-6-17/h3-10,13-15H,11-12,26H2,1-2H3. The van der Waals surface area contributed by atoms with E-state index >= 15 is 0 Å². The molecule has 0 fully saturated rings. The average molecular weight is 351 g/mol. The molecule has 2 N–H and O–H groups in total. The summed E-state index contributed by atoms with van der Waals surface area (Å²) in [6.07, 6.45) is 1.31. The highest BCUT2D eigenvalue weighted by Crippen LogP contribution is 2.29. The molecule has 0 unspecified atom stereocenters. The van der Waals surface area contributed by atoms with E-state index in [1.165, 1.54) is 29.8 Å². The quantitative estimate of drug-likeness (QED) is 0.573. The first-order chi connectivity index (χ1) is 12.4. The molecule has 0 amide bonds. The van der Waals surface area contributed by atoms with Crippen LogP contribution in [0.5, 0.6) is 0 Å². The van der Waals surface area contributed by atoms with Crippen LogP contribution in [-0.2, 0) is 12.8 Å². The lowest BCUT2D eigenvalue weighted by molar-refractivity contribution is 0.627. The highest BCUT2D eigenvalue weighted by Gasteiger charge is 2.12. The number of hydrogen-bond donors (Lipinski definition) is 1. The summed E-state index contributed by atoms with van der Waals surface area (Å²) in [5.74, 6) is -0.112. The topological polar surface area (TPSA) is 26.0 Å². The summed E-state index contributed by atoms with van der Waals surface area (Å²) in [5.41, 5.74) is 12.6. The molecule has 0 aliphatic heterocycles. The van der Waals surface area contributed by atoms with E-state index < -0.39 is 0 Å². The third-order valence-electron chi connectivity index (χ3n) is 4.66. The molecule has 0 aromatic heterocycles. The summed E-state index contributed by atoms with van der Waals surface area (Å²) in [4.78, 5) is 0. The number of rotatable bonds is 5. The van der Waals surface area contributed by atoms with Crippen molar-refractivity contribution in [1.29, 1.82) is 0 Å². The van der Waals surface area contributed by atoms with Crippen LogP contribution in [-0.4, -0.2) is 0 Å². The van der Waals surface area contributed by atoms with Gasteiger partial charge in [0.05, 0.1) is 0 Å². The minimum Gasteiger partial charge on any atom is -0.398 e. The number of benzene rings is 3. The maximum Gasteiger partial charge on any atom is 0.123 e. The van der Waals surface area contributed by atoms with Crippen molar-refractivity contribution in [2.24, 2.45) is 0 Å². The Bertz CT molecular complexity index is 813. The second-order valence-electron chi connectivity index (χ2n) is 7.01. The van der Waals surface area contributed by atoms with Crippen molar-refractivity contribution in [3.05, 3.63) is 100 Å². The summed E-state index contributed by atoms with van der Waals surface area (Å²) in [6, 6.07) is 17.3. The summed E-state index contributed by atoms with van der Waals surface area (Å²) >= 11 is 0. The van der Waals surface area contributed by atoms with Gasteiger partial charge in [0.15, 0.2) is 0 Å². The Labute approximate surface area is 153 Å². The Morgan fingerprint density at radius 3 is 1.46 bits per heavy atom. The van der Waals surface area contributed by atoms with Gasteiger partial charge in [-0.05, 0) is 70.8 Å². The molecule has 3 aromatic rings. The monoisotopic (exact) mass is 351 g/mol. The number of halogens is 2. The van der Waals surface area contributed by atoms with Crippen LogP contribution in [0.25, 0.3) is 0 Å². The molecule has 26 heavy (non-hydrogen) atoms. The minimum absolute atomic E-state index is 0.241. The average Bonchev–Trinajstić information content (AvgIpc) is 2.62. The molecule has 0 saturated carbocycles. The number of anilines is 1. The number of hydrogen-bond acceptors (Lipinski definition) is 1. The van der Waals surface area contributed by atoms with Crippen molar-refractivity contribution in [3.8, 4) is 0 Å². The lowest BCUT2D eigenvalue weighted by Gasteiger charge is -2.17. The zero-order valence-electron chi connectivity index (χ0n) is 15.1. The van der Waals surface area contributed by atoms with Gasteiger partial charge in [-0.3, -0.25) is 0 Å². The first-order valence-corrected chi connectivity index (χ1v) is 8.82. The first-order valence-electron chi connectivity index (χ1n) is 8.82. The van der Waals surface area contributed by atoms with E-state index in [2.05, 4.69) is 26.0 Å². The Morgan fingerprint density at radius 2 is 1.12 bits per heavy atom. The predicted molar refractivity (Wildman–Crippen MR) is 103 cm³/mol. The summed E-state index contributed by atoms with van der Waals surface area (Å²) in [6.45, 7) is 4.30. The van der Waals surface area contributed by atoms with E-state index in [1.54, 1.807) is 24.3 Å². The fourth-order valence-corrected chi connectivity index (χ4v) is 3.08. The summed E-state index contributed by atoms with van der Waals surface area (Å²) in [5, 5.41) is 0. The zero-order chi connectivity index (χ0) is 18.7. The zero-order valence-corrected chi connectivity index (χ0v) is 15.1. The molecular formula is C23H23F2N. The molecule has 134 valence electrons. The Morgan fingerprint density at radius 1 is 0.731 bits per heavy atom. The lowest BCUT2D eigenvalue weighted by atomic mass is 9.90. The maximum absolute atomic E-state index is 13.2. The molecule has 0 bridgehead atoms. The van der Waals surface area contributed by atoms with Crippen LogP contribution in [0.15, 0.2) is 60.7 Å². The molecule has 3 heteroatoms. The molecule has 3 rings (SSSR count). The second kappa shape index (κ2) is 7.69. The Balaban J connectivity index is 1.96. The highest BCUT2D eigenvalue weighted by atomic mass is 19.1. The van der Waals surface area contributed by atoms with E-state index in [1.807, 2.05) is 0 Å². The van der Waals surface area contributed by atoms with Crippen LogP contribution in [0.1, 0.15) is 47.6 Å². The fourth-order valence-electron chi connectivity index (χ4n) is 3.08. The van der Waals surface area contributed by atoms with E-state index in [0.717, 1.165) is 27.9 Å². The van der Waals surface area contributed by atoms with Gasteiger partial charge in [-0.1, -0.05) is 50.2 Å². The van der Waals surface area contributed by atoms with Crippen LogP contribution in [0.2, 0.25) is 0 Å². The Hall–Kier alpha value is -2.68. The first kappa shape index (κ1) is 18.1. The van der Waals surface area contributed by atoms with Crippen molar-refractivity contribution >= 4 is 5.69 Å². The molecule has 0 aliphatic rings. The van der Waals surface area contributed by atoms with Crippen LogP contribution in [0.4, 0.5) is 14.5 Å². The van der Waals surface area contributed by atoms with Crippen molar-refractivity contribution in [2.45, 2.75) is 32.6 Å². The van der Waals surface area contributed by atoms with Gasteiger partial charge in [-0.25, -0.2) is 8.78 Å². The van der Waals surface area contributed by atoms with Gasteiger partial charge in [0.1, 0.15) is 11.6 Å². The lowest BCUT2D eigenvalue weighted by Crippen LogP contribution is -2.05. The second-order valence-corrected chi connectivity index (χ2v) is 7.01. The largest absolute Gasteiger partial charge is 0.398 e. The van der Waals surface area contributed by atoms with Gasteiger partial charge >= 0.3 is 0 Å². The predicted octanol–water partition coefficient (Wildman–Crippen LogP) is 5.85. The van der Waals surface area contributed by atoms with Crippen LogP contribution in [0.3, 0.4) is 0 Å². The van der Waals surface area contributed by atoms with E-state index in [0.29, 0.717) is 18.8 Å². The molecule has 0 spiro atoms. The molecule has 3 aromatic carbocycles. The van der Waals surface area contributed by atoms with Gasteiger partial charge in [0.2, 0.25) is 0 Å². The van der Waals surface area contributed by atoms with E-state index in [-0.39, 0.29) is 11.6 Å². The van der Waals surface area contributed by atoms with Crippen molar-refractivity contribution in [1.82, 2.24) is 0 Å². The minimum atomic E-state index is -0.241. The highest BCUT2D eigenvalue weighted by molar-refractivity contribution is 5.58. The molecular weight excluding hydrogens is 328 g/mol. The Kier molecular flexibility index (Phi) is 5.36. The third kappa shape index (κ3) is 4.29. The molecule has 0 atom stereocenters. The fraction of sp³-hybridized carbons (Fsp3) is 0.217. The maximum atomic E-state index is 13.2. The van der Waals surface area contributed by atoms with Crippen molar-refractivity contribution in [3.63, 3.8) is 0 Å². The van der Waals surface area contributed by atoms with Crippen LogP contribution < -0.4 is 5.73 Å². The number of nitrogens with two attached hydrogens (primary N) is 1. The summed E-state index contributed by atoms with van der Waals surface area (Å²) in [7, 11) is 0. The van der Waals surface area contributed by atoms with E-state index in [4.69, 9.17) is 5.73 Å². The molecule has 0 aliphatic carbocycles. The molecule has 0 radical (unpaired) electrons. The smallest absolute Gasteiger partial charge is 0.123 e. The molecule has 0 heterocycles. The van der Waals surface area contributed by atoms with Crippen molar-refractivity contribution in [2.75, 3.05) is 5.73 Å². The van der Waals surface area contributed by atoms with Crippen molar-refractivity contribution < 1.29 is 8.78 Å². The van der Waals surface area contributed by atoms with Gasteiger partial charge < -0.3 is 5.73 Å². The summed E-state index contributed by atoms with van der Waals surface area (Å²) < 4.78 is 26.3. The van der Waals surface area contributed by atoms with Gasteiger partial charge in [0.25, 0.3) is 0 Å².